The zero-order valence-corrected chi connectivity index (χ0v) is 11.7. The van der Waals surface area contributed by atoms with E-state index in [0.717, 1.165) is 38.5 Å². The standard InChI is InChI=1S/C14H20N2OS/c1-13(17)16-9-7-15(8-10-16)11-12-18-14-5-3-2-4-6-14/h2-6H,7-12H2,1H3. The predicted octanol–water partition coefficient (Wildman–Crippen LogP) is 1.94. The molecule has 1 saturated heterocycles. The van der Waals surface area contributed by atoms with Crippen molar-refractivity contribution in [1.29, 1.82) is 0 Å². The number of carbonyl (C=O) groups excluding carboxylic acids is 1. The molecular weight excluding hydrogens is 244 g/mol. The topological polar surface area (TPSA) is 23.6 Å². The van der Waals surface area contributed by atoms with Gasteiger partial charge in [-0.05, 0) is 12.1 Å². The zero-order chi connectivity index (χ0) is 12.8. The molecule has 0 atom stereocenters. The van der Waals surface area contributed by atoms with Crippen molar-refractivity contribution in [3.05, 3.63) is 30.3 Å². The highest BCUT2D eigenvalue weighted by Gasteiger charge is 2.17. The van der Waals surface area contributed by atoms with Crippen LogP contribution in [0, 0.1) is 0 Å². The minimum absolute atomic E-state index is 0.202. The number of piperazine rings is 1. The Labute approximate surface area is 113 Å². The molecule has 1 heterocycles. The van der Waals surface area contributed by atoms with Crippen LogP contribution in [0.5, 0.6) is 0 Å². The van der Waals surface area contributed by atoms with E-state index in [-0.39, 0.29) is 5.91 Å². The molecule has 3 nitrogen and oxygen atoms in total. The molecule has 0 aliphatic carbocycles. The number of hydrogen-bond acceptors (Lipinski definition) is 3. The van der Waals surface area contributed by atoms with Crippen LogP contribution in [-0.2, 0) is 4.79 Å². The number of carbonyl (C=O) groups is 1. The number of benzene rings is 1. The van der Waals surface area contributed by atoms with Crippen molar-refractivity contribution in [2.75, 3.05) is 38.5 Å². The smallest absolute Gasteiger partial charge is 0.219 e. The minimum Gasteiger partial charge on any atom is -0.340 e. The first-order valence-corrected chi connectivity index (χ1v) is 7.40. The average molecular weight is 264 g/mol. The van der Waals surface area contributed by atoms with E-state index in [4.69, 9.17) is 0 Å². The number of rotatable bonds is 4. The molecule has 0 spiro atoms. The van der Waals surface area contributed by atoms with E-state index < -0.39 is 0 Å². The molecule has 0 bridgehead atoms. The second-order valence-electron chi connectivity index (χ2n) is 4.51. The Bertz CT molecular complexity index is 375. The van der Waals surface area contributed by atoms with Crippen LogP contribution in [-0.4, -0.2) is 54.2 Å². The van der Waals surface area contributed by atoms with E-state index in [1.807, 2.05) is 22.7 Å². The maximum absolute atomic E-state index is 11.2. The van der Waals surface area contributed by atoms with Crippen LogP contribution in [0.15, 0.2) is 35.2 Å². The first-order chi connectivity index (χ1) is 8.75. The maximum Gasteiger partial charge on any atom is 0.219 e. The van der Waals surface area contributed by atoms with Crippen LogP contribution >= 0.6 is 11.8 Å². The lowest BCUT2D eigenvalue weighted by Crippen LogP contribution is -2.48. The summed E-state index contributed by atoms with van der Waals surface area (Å²) in [5.41, 5.74) is 0. The summed E-state index contributed by atoms with van der Waals surface area (Å²) < 4.78 is 0. The molecule has 0 N–H and O–H groups in total. The Balaban J connectivity index is 1.65. The number of nitrogens with zero attached hydrogens (tertiary/aromatic N) is 2. The highest BCUT2D eigenvalue weighted by Crippen LogP contribution is 2.17. The zero-order valence-electron chi connectivity index (χ0n) is 10.8. The van der Waals surface area contributed by atoms with E-state index >= 15 is 0 Å². The molecule has 0 saturated carbocycles. The van der Waals surface area contributed by atoms with Crippen molar-refractivity contribution in [1.82, 2.24) is 9.80 Å². The Hall–Kier alpha value is -1.00. The number of amides is 1. The first-order valence-electron chi connectivity index (χ1n) is 6.41. The highest BCUT2D eigenvalue weighted by molar-refractivity contribution is 7.99. The summed E-state index contributed by atoms with van der Waals surface area (Å²) in [4.78, 5) is 16.9. The van der Waals surface area contributed by atoms with Crippen LogP contribution in [0.4, 0.5) is 0 Å². The van der Waals surface area contributed by atoms with Gasteiger partial charge in [-0.15, -0.1) is 11.8 Å². The van der Waals surface area contributed by atoms with Gasteiger partial charge in [-0.25, -0.2) is 0 Å². The van der Waals surface area contributed by atoms with E-state index in [9.17, 15) is 4.79 Å². The van der Waals surface area contributed by atoms with E-state index in [1.54, 1.807) is 6.92 Å². The fourth-order valence-electron chi connectivity index (χ4n) is 2.10. The molecule has 1 aliphatic heterocycles. The Morgan fingerprint density at radius 3 is 2.44 bits per heavy atom. The number of thioether (sulfide) groups is 1. The summed E-state index contributed by atoms with van der Waals surface area (Å²) in [6.07, 6.45) is 0. The Morgan fingerprint density at radius 1 is 1.17 bits per heavy atom. The maximum atomic E-state index is 11.2. The van der Waals surface area contributed by atoms with E-state index in [1.165, 1.54) is 4.90 Å². The fraction of sp³-hybridized carbons (Fsp3) is 0.500. The van der Waals surface area contributed by atoms with Crippen LogP contribution in [0.25, 0.3) is 0 Å². The molecule has 0 unspecified atom stereocenters. The minimum atomic E-state index is 0.202. The third kappa shape index (κ3) is 4.03. The predicted molar refractivity (Wildman–Crippen MR) is 75.9 cm³/mol. The molecular formula is C14H20N2OS. The van der Waals surface area contributed by atoms with Crippen molar-refractivity contribution in [3.8, 4) is 0 Å². The lowest BCUT2D eigenvalue weighted by atomic mass is 10.3. The summed E-state index contributed by atoms with van der Waals surface area (Å²) in [5.74, 6) is 1.32. The second-order valence-corrected chi connectivity index (χ2v) is 5.68. The number of hydrogen-bond donors (Lipinski definition) is 0. The Morgan fingerprint density at radius 2 is 1.83 bits per heavy atom. The lowest BCUT2D eigenvalue weighted by molar-refractivity contribution is -0.130. The van der Waals surface area contributed by atoms with Crippen LogP contribution in [0.1, 0.15) is 6.92 Å². The monoisotopic (exact) mass is 264 g/mol. The summed E-state index contributed by atoms with van der Waals surface area (Å²) >= 11 is 1.90. The van der Waals surface area contributed by atoms with Gasteiger partial charge in [0.25, 0.3) is 0 Å². The molecule has 18 heavy (non-hydrogen) atoms. The van der Waals surface area contributed by atoms with Gasteiger partial charge in [0.05, 0.1) is 0 Å². The lowest BCUT2D eigenvalue weighted by Gasteiger charge is -2.34. The molecule has 1 aromatic rings. The molecule has 1 aromatic carbocycles. The molecule has 1 amide bonds. The molecule has 0 radical (unpaired) electrons. The van der Waals surface area contributed by atoms with Gasteiger partial charge in [-0.2, -0.15) is 0 Å². The SMILES string of the molecule is CC(=O)N1CCN(CCSc2ccccc2)CC1. The van der Waals surface area contributed by atoms with Crippen molar-refractivity contribution in [3.63, 3.8) is 0 Å². The Kier molecular flexibility index (Phi) is 5.08. The van der Waals surface area contributed by atoms with E-state index in [0.29, 0.717) is 0 Å². The van der Waals surface area contributed by atoms with Gasteiger partial charge >= 0.3 is 0 Å². The van der Waals surface area contributed by atoms with Crippen molar-refractivity contribution < 1.29 is 4.79 Å². The van der Waals surface area contributed by atoms with Gasteiger partial charge in [-0.3, -0.25) is 9.69 Å². The van der Waals surface area contributed by atoms with Crippen LogP contribution in [0.3, 0.4) is 0 Å². The van der Waals surface area contributed by atoms with Gasteiger partial charge in [0.15, 0.2) is 0 Å². The summed E-state index contributed by atoms with van der Waals surface area (Å²) in [6.45, 7) is 6.53. The molecule has 4 heteroatoms. The van der Waals surface area contributed by atoms with Gasteiger partial charge in [0.2, 0.25) is 5.91 Å². The van der Waals surface area contributed by atoms with Gasteiger partial charge < -0.3 is 4.90 Å². The van der Waals surface area contributed by atoms with Gasteiger partial charge in [-0.1, -0.05) is 18.2 Å². The molecule has 98 valence electrons. The van der Waals surface area contributed by atoms with Gasteiger partial charge in [0.1, 0.15) is 0 Å². The fourth-order valence-corrected chi connectivity index (χ4v) is 3.03. The van der Waals surface area contributed by atoms with E-state index in [2.05, 4.69) is 29.2 Å². The molecule has 2 rings (SSSR count). The largest absolute Gasteiger partial charge is 0.340 e. The second kappa shape index (κ2) is 6.81. The normalized spacial score (nSPS) is 16.8. The summed E-state index contributed by atoms with van der Waals surface area (Å²) in [5, 5.41) is 0. The van der Waals surface area contributed by atoms with Crippen LogP contribution in [0.2, 0.25) is 0 Å². The highest BCUT2D eigenvalue weighted by atomic mass is 32.2. The van der Waals surface area contributed by atoms with Crippen molar-refractivity contribution >= 4 is 17.7 Å². The molecule has 1 aliphatic rings. The summed E-state index contributed by atoms with van der Waals surface area (Å²) in [6, 6.07) is 10.5. The molecule has 0 aromatic heterocycles. The van der Waals surface area contributed by atoms with Crippen molar-refractivity contribution in [2.24, 2.45) is 0 Å². The average Bonchev–Trinajstić information content (AvgIpc) is 2.40. The quantitative estimate of drug-likeness (QED) is 0.777. The third-order valence-electron chi connectivity index (χ3n) is 3.24. The molecule has 1 fully saturated rings. The first kappa shape index (κ1) is 13.4. The van der Waals surface area contributed by atoms with Crippen LogP contribution < -0.4 is 0 Å². The van der Waals surface area contributed by atoms with Crippen molar-refractivity contribution in [2.45, 2.75) is 11.8 Å². The van der Waals surface area contributed by atoms with Gasteiger partial charge in [0, 0.05) is 50.3 Å². The summed E-state index contributed by atoms with van der Waals surface area (Å²) in [7, 11) is 0. The third-order valence-corrected chi connectivity index (χ3v) is 4.23.